The third-order valence-electron chi connectivity index (χ3n) is 2.77. The Morgan fingerprint density at radius 3 is 2.19 bits per heavy atom. The molecular formula is C14H30O2. The van der Waals surface area contributed by atoms with E-state index < -0.39 is 0 Å². The van der Waals surface area contributed by atoms with Crippen LogP contribution in [0.25, 0.3) is 0 Å². The maximum atomic E-state index is 5.86. The number of hydrogen-bond acceptors (Lipinski definition) is 2. The Kier molecular flexibility index (Phi) is 8.96. The molecule has 0 spiro atoms. The van der Waals surface area contributed by atoms with Crippen LogP contribution >= 0.6 is 0 Å². The highest BCUT2D eigenvalue weighted by Gasteiger charge is 2.20. The van der Waals surface area contributed by atoms with E-state index >= 15 is 0 Å². The summed E-state index contributed by atoms with van der Waals surface area (Å²) in [4.78, 5) is 0. The lowest BCUT2D eigenvalue weighted by atomic mass is 9.99. The van der Waals surface area contributed by atoms with Crippen LogP contribution in [0.4, 0.5) is 0 Å². The molecule has 0 aliphatic heterocycles. The van der Waals surface area contributed by atoms with Gasteiger partial charge in [-0.1, -0.05) is 39.0 Å². The Morgan fingerprint density at radius 1 is 1.00 bits per heavy atom. The first-order chi connectivity index (χ1) is 7.52. The lowest BCUT2D eigenvalue weighted by molar-refractivity contribution is -0.191. The zero-order valence-electron chi connectivity index (χ0n) is 11.8. The molecule has 1 unspecified atom stereocenters. The monoisotopic (exact) mass is 230 g/mol. The molecule has 0 saturated heterocycles. The summed E-state index contributed by atoms with van der Waals surface area (Å²) in [5.41, 5.74) is -0.0548. The molecule has 0 bridgehead atoms. The molecule has 0 fully saturated rings. The van der Waals surface area contributed by atoms with Crippen molar-refractivity contribution in [3.8, 4) is 0 Å². The molecule has 2 heteroatoms. The maximum Gasteiger partial charge on any atom is 0.155 e. The van der Waals surface area contributed by atoms with Crippen molar-refractivity contribution in [1.29, 1.82) is 0 Å². The summed E-state index contributed by atoms with van der Waals surface area (Å²) >= 11 is 0. The van der Waals surface area contributed by atoms with Gasteiger partial charge in [-0.2, -0.15) is 0 Å². The fraction of sp³-hybridized carbons (Fsp3) is 1.00. The molecule has 0 aliphatic carbocycles. The summed E-state index contributed by atoms with van der Waals surface area (Å²) in [5.74, 6) is 0. The summed E-state index contributed by atoms with van der Waals surface area (Å²) < 4.78 is 11.3. The van der Waals surface area contributed by atoms with E-state index in [1.165, 1.54) is 32.1 Å². The van der Waals surface area contributed by atoms with Gasteiger partial charge in [0.05, 0.1) is 5.60 Å². The van der Waals surface area contributed by atoms with Crippen molar-refractivity contribution < 1.29 is 9.47 Å². The fourth-order valence-electron chi connectivity index (χ4n) is 1.93. The van der Waals surface area contributed by atoms with Crippen molar-refractivity contribution in [2.24, 2.45) is 0 Å². The van der Waals surface area contributed by atoms with E-state index in [4.69, 9.17) is 9.47 Å². The third kappa shape index (κ3) is 9.17. The molecule has 0 radical (unpaired) electrons. The molecule has 16 heavy (non-hydrogen) atoms. The highest BCUT2D eigenvalue weighted by atomic mass is 16.7. The van der Waals surface area contributed by atoms with Gasteiger partial charge in [0.2, 0.25) is 0 Å². The van der Waals surface area contributed by atoms with Gasteiger partial charge in [0.25, 0.3) is 0 Å². The topological polar surface area (TPSA) is 18.5 Å². The number of unbranched alkanes of at least 4 members (excludes halogenated alkanes) is 4. The molecule has 2 nitrogen and oxygen atoms in total. The Morgan fingerprint density at radius 2 is 1.62 bits per heavy atom. The Bertz CT molecular complexity index is 155. The van der Waals surface area contributed by atoms with Gasteiger partial charge in [-0.25, -0.2) is 0 Å². The second-order valence-electron chi connectivity index (χ2n) is 5.06. The van der Waals surface area contributed by atoms with Crippen LogP contribution in [-0.4, -0.2) is 18.5 Å². The van der Waals surface area contributed by atoms with Crippen LogP contribution in [0.5, 0.6) is 0 Å². The van der Waals surface area contributed by atoms with Gasteiger partial charge in [0, 0.05) is 6.61 Å². The minimum Gasteiger partial charge on any atom is -0.353 e. The summed E-state index contributed by atoms with van der Waals surface area (Å²) in [7, 11) is 0. The Labute approximate surface area is 102 Å². The zero-order valence-corrected chi connectivity index (χ0v) is 11.8. The standard InChI is InChI=1S/C14H30O2/c1-6-8-9-10-11-12-14(4,5)16-13(3)15-7-2/h13H,6-12H2,1-5H3. The molecule has 0 aromatic rings. The number of ether oxygens (including phenoxy) is 2. The quantitative estimate of drug-likeness (QED) is 0.405. The van der Waals surface area contributed by atoms with Gasteiger partial charge >= 0.3 is 0 Å². The van der Waals surface area contributed by atoms with E-state index in [1.807, 2.05) is 13.8 Å². The van der Waals surface area contributed by atoms with Gasteiger partial charge in [-0.3, -0.25) is 0 Å². The van der Waals surface area contributed by atoms with Gasteiger partial charge in [0.1, 0.15) is 0 Å². The minimum absolute atomic E-state index is 0.0548. The predicted molar refractivity (Wildman–Crippen MR) is 69.6 cm³/mol. The van der Waals surface area contributed by atoms with Gasteiger partial charge in [-0.05, 0) is 34.1 Å². The van der Waals surface area contributed by atoms with E-state index in [0.717, 1.165) is 6.42 Å². The van der Waals surface area contributed by atoms with E-state index in [1.54, 1.807) is 0 Å². The second kappa shape index (κ2) is 9.00. The lowest BCUT2D eigenvalue weighted by Crippen LogP contribution is -2.30. The summed E-state index contributed by atoms with van der Waals surface area (Å²) in [6, 6.07) is 0. The van der Waals surface area contributed by atoms with Gasteiger partial charge in [-0.15, -0.1) is 0 Å². The van der Waals surface area contributed by atoms with Crippen LogP contribution in [0.2, 0.25) is 0 Å². The number of rotatable bonds is 10. The summed E-state index contributed by atoms with van der Waals surface area (Å²) in [5, 5.41) is 0. The Hall–Kier alpha value is -0.0800. The predicted octanol–water partition coefficient (Wildman–Crippen LogP) is 4.52. The highest BCUT2D eigenvalue weighted by molar-refractivity contribution is 4.68. The average molecular weight is 230 g/mol. The first-order valence-corrected chi connectivity index (χ1v) is 6.81. The van der Waals surface area contributed by atoms with Gasteiger partial charge in [0.15, 0.2) is 6.29 Å². The van der Waals surface area contributed by atoms with E-state index in [-0.39, 0.29) is 11.9 Å². The zero-order chi connectivity index (χ0) is 12.4. The molecule has 0 saturated carbocycles. The van der Waals surface area contributed by atoms with Crippen molar-refractivity contribution >= 4 is 0 Å². The third-order valence-corrected chi connectivity index (χ3v) is 2.77. The van der Waals surface area contributed by atoms with Crippen molar-refractivity contribution in [3.05, 3.63) is 0 Å². The Balaban J connectivity index is 3.60. The van der Waals surface area contributed by atoms with Crippen molar-refractivity contribution in [2.45, 2.75) is 85.0 Å². The first-order valence-electron chi connectivity index (χ1n) is 6.81. The first kappa shape index (κ1) is 15.9. The molecule has 98 valence electrons. The largest absolute Gasteiger partial charge is 0.353 e. The van der Waals surface area contributed by atoms with E-state index in [9.17, 15) is 0 Å². The van der Waals surface area contributed by atoms with Crippen molar-refractivity contribution in [1.82, 2.24) is 0 Å². The normalized spacial score (nSPS) is 14.1. The fourth-order valence-corrected chi connectivity index (χ4v) is 1.93. The van der Waals surface area contributed by atoms with Crippen LogP contribution in [0.15, 0.2) is 0 Å². The molecule has 0 aromatic heterocycles. The molecule has 0 aliphatic rings. The van der Waals surface area contributed by atoms with E-state index in [2.05, 4.69) is 20.8 Å². The molecular weight excluding hydrogens is 200 g/mol. The van der Waals surface area contributed by atoms with Crippen LogP contribution in [0, 0.1) is 0 Å². The average Bonchev–Trinajstić information content (AvgIpc) is 2.16. The minimum atomic E-state index is -0.0874. The highest BCUT2D eigenvalue weighted by Crippen LogP contribution is 2.21. The van der Waals surface area contributed by atoms with E-state index in [0.29, 0.717) is 6.61 Å². The maximum absolute atomic E-state index is 5.86. The SMILES string of the molecule is CCCCCCCC(C)(C)OC(C)OCC. The number of hydrogen-bond donors (Lipinski definition) is 0. The van der Waals surface area contributed by atoms with Crippen LogP contribution in [0.1, 0.15) is 73.1 Å². The second-order valence-corrected chi connectivity index (χ2v) is 5.06. The molecule has 0 amide bonds. The van der Waals surface area contributed by atoms with Gasteiger partial charge < -0.3 is 9.47 Å². The van der Waals surface area contributed by atoms with Crippen LogP contribution in [-0.2, 0) is 9.47 Å². The van der Waals surface area contributed by atoms with Crippen molar-refractivity contribution in [3.63, 3.8) is 0 Å². The smallest absolute Gasteiger partial charge is 0.155 e. The summed E-state index contributed by atoms with van der Waals surface area (Å²) in [6.45, 7) is 11.2. The van der Waals surface area contributed by atoms with Crippen LogP contribution in [0.3, 0.4) is 0 Å². The molecule has 1 atom stereocenters. The van der Waals surface area contributed by atoms with Crippen molar-refractivity contribution in [2.75, 3.05) is 6.61 Å². The van der Waals surface area contributed by atoms with Crippen LogP contribution < -0.4 is 0 Å². The molecule has 0 N–H and O–H groups in total. The molecule has 0 heterocycles. The molecule has 0 rings (SSSR count). The lowest BCUT2D eigenvalue weighted by Gasteiger charge is -2.29. The summed E-state index contributed by atoms with van der Waals surface area (Å²) in [6.07, 6.45) is 7.63. The molecule has 0 aromatic carbocycles.